The van der Waals surface area contributed by atoms with Crippen molar-refractivity contribution in [2.75, 3.05) is 5.32 Å². The highest BCUT2D eigenvalue weighted by Crippen LogP contribution is 2.39. The van der Waals surface area contributed by atoms with E-state index in [4.69, 9.17) is 4.42 Å². The maximum atomic E-state index is 12.6. The lowest BCUT2D eigenvalue weighted by Crippen LogP contribution is -2.23. The Labute approximate surface area is 143 Å². The lowest BCUT2D eigenvalue weighted by atomic mass is 10.2. The molecule has 1 amide bonds. The second-order valence-electron chi connectivity index (χ2n) is 6.45. The summed E-state index contributed by atoms with van der Waals surface area (Å²) in [5.41, 5.74) is 2.04. The molecule has 6 nitrogen and oxygen atoms in total. The summed E-state index contributed by atoms with van der Waals surface area (Å²) in [6.45, 7) is 4.45. The normalized spacial score (nSPS) is 15.4. The highest BCUT2D eigenvalue weighted by molar-refractivity contribution is 7.07. The van der Waals surface area contributed by atoms with Crippen molar-refractivity contribution < 1.29 is 9.21 Å². The maximum Gasteiger partial charge on any atom is 0.255 e. The number of anilines is 1. The molecule has 7 heteroatoms. The number of furan rings is 1. The first-order valence-corrected chi connectivity index (χ1v) is 8.82. The van der Waals surface area contributed by atoms with E-state index in [0.717, 1.165) is 18.4 Å². The van der Waals surface area contributed by atoms with Crippen LogP contribution in [0.15, 0.2) is 27.5 Å². The quantitative estimate of drug-likeness (QED) is 0.742. The lowest BCUT2D eigenvalue weighted by molar-refractivity contribution is 0.0951. The van der Waals surface area contributed by atoms with Crippen LogP contribution in [-0.2, 0) is 6.54 Å². The zero-order valence-electron chi connectivity index (χ0n) is 13.5. The Morgan fingerprint density at radius 3 is 2.96 bits per heavy atom. The third-order valence-corrected chi connectivity index (χ3v) is 4.98. The van der Waals surface area contributed by atoms with E-state index < -0.39 is 0 Å². The molecule has 1 saturated carbocycles. The predicted octanol–water partition coefficient (Wildman–Crippen LogP) is 3.49. The summed E-state index contributed by atoms with van der Waals surface area (Å²) in [7, 11) is 0. The van der Waals surface area contributed by atoms with E-state index in [-0.39, 0.29) is 11.4 Å². The summed E-state index contributed by atoms with van der Waals surface area (Å²) in [6, 6.07) is 1.99. The minimum atomic E-state index is -0.184. The van der Waals surface area contributed by atoms with Crippen molar-refractivity contribution in [3.63, 3.8) is 0 Å². The van der Waals surface area contributed by atoms with Gasteiger partial charge in [0.25, 0.3) is 5.91 Å². The number of aryl methyl sites for hydroxylation is 1. The lowest BCUT2D eigenvalue weighted by Gasteiger charge is -2.13. The molecule has 1 aliphatic rings. The van der Waals surface area contributed by atoms with Crippen LogP contribution in [0, 0.1) is 6.92 Å². The van der Waals surface area contributed by atoms with Gasteiger partial charge in [-0.15, -0.1) is 0 Å². The Bertz CT molecular complexity index is 897. The molecule has 24 heavy (non-hydrogen) atoms. The van der Waals surface area contributed by atoms with Gasteiger partial charge in [0.1, 0.15) is 17.9 Å². The Morgan fingerprint density at radius 2 is 2.25 bits per heavy atom. The van der Waals surface area contributed by atoms with Gasteiger partial charge in [-0.05, 0) is 49.1 Å². The number of thiophene rings is 1. The van der Waals surface area contributed by atoms with E-state index in [1.54, 1.807) is 11.3 Å². The van der Waals surface area contributed by atoms with Gasteiger partial charge in [-0.3, -0.25) is 4.79 Å². The molecule has 0 spiro atoms. The molecule has 2 N–H and O–H groups in total. The number of rotatable bonds is 5. The van der Waals surface area contributed by atoms with Crippen LogP contribution >= 0.6 is 11.3 Å². The first-order chi connectivity index (χ1) is 11.5. The monoisotopic (exact) mass is 342 g/mol. The van der Waals surface area contributed by atoms with E-state index in [1.807, 2.05) is 23.8 Å². The van der Waals surface area contributed by atoms with Crippen LogP contribution in [0.2, 0.25) is 0 Å². The smallest absolute Gasteiger partial charge is 0.255 e. The fourth-order valence-electron chi connectivity index (χ4n) is 2.58. The van der Waals surface area contributed by atoms with Crippen LogP contribution < -0.4 is 10.6 Å². The van der Waals surface area contributed by atoms with Crippen LogP contribution in [0.25, 0.3) is 11.1 Å². The number of aromatic nitrogens is 2. The average Bonchev–Trinajstić information content (AvgIpc) is 2.96. The Morgan fingerprint density at radius 1 is 1.42 bits per heavy atom. The fourth-order valence-corrected chi connectivity index (χ4v) is 3.24. The first kappa shape index (κ1) is 15.1. The van der Waals surface area contributed by atoms with Crippen molar-refractivity contribution >= 4 is 34.2 Å². The molecule has 0 radical (unpaired) electrons. The van der Waals surface area contributed by atoms with Gasteiger partial charge in [0.05, 0.1) is 10.9 Å². The second-order valence-corrected chi connectivity index (χ2v) is 7.23. The van der Waals surface area contributed by atoms with Crippen LogP contribution in [0.3, 0.4) is 0 Å². The molecular formula is C17H18N4O2S. The molecule has 0 atom stereocenters. The molecule has 1 aliphatic carbocycles. The van der Waals surface area contributed by atoms with Gasteiger partial charge < -0.3 is 15.1 Å². The van der Waals surface area contributed by atoms with E-state index in [1.165, 1.54) is 6.26 Å². The van der Waals surface area contributed by atoms with Crippen molar-refractivity contribution in [1.82, 2.24) is 15.3 Å². The van der Waals surface area contributed by atoms with Crippen molar-refractivity contribution in [2.45, 2.75) is 38.8 Å². The number of fused-ring (bicyclic) bond motifs is 1. The van der Waals surface area contributed by atoms with Gasteiger partial charge in [-0.2, -0.15) is 16.3 Å². The van der Waals surface area contributed by atoms with Gasteiger partial charge in [0, 0.05) is 12.1 Å². The highest BCUT2D eigenvalue weighted by Gasteiger charge is 2.38. The number of nitrogens with one attached hydrogen (secondary N) is 2. The van der Waals surface area contributed by atoms with Crippen molar-refractivity contribution in [3.8, 4) is 0 Å². The molecule has 124 valence electrons. The molecule has 1 fully saturated rings. The number of amides is 1. The summed E-state index contributed by atoms with van der Waals surface area (Å²) >= 11 is 1.61. The average molecular weight is 342 g/mol. The Kier molecular flexibility index (Phi) is 3.53. The molecule has 3 aromatic rings. The van der Waals surface area contributed by atoms with E-state index in [9.17, 15) is 4.79 Å². The number of carbonyl (C=O) groups excluding carboxylic acids is 1. The Balaban J connectivity index is 1.66. The maximum absolute atomic E-state index is 12.6. The molecular weight excluding hydrogens is 324 g/mol. The van der Waals surface area contributed by atoms with Gasteiger partial charge in [0.15, 0.2) is 0 Å². The van der Waals surface area contributed by atoms with E-state index >= 15 is 0 Å². The molecule has 0 unspecified atom stereocenters. The summed E-state index contributed by atoms with van der Waals surface area (Å²) < 4.78 is 5.51. The van der Waals surface area contributed by atoms with Crippen molar-refractivity contribution in [3.05, 3.63) is 40.0 Å². The number of hydrogen-bond donors (Lipinski definition) is 2. The molecule has 0 aromatic carbocycles. The van der Waals surface area contributed by atoms with Crippen molar-refractivity contribution in [1.29, 1.82) is 0 Å². The second kappa shape index (κ2) is 5.59. The third kappa shape index (κ3) is 2.87. The Hall–Kier alpha value is -2.41. The molecule has 0 aliphatic heterocycles. The minimum Gasteiger partial charge on any atom is -0.445 e. The summed E-state index contributed by atoms with van der Waals surface area (Å²) in [5.74, 6) is 1.11. The number of hydrogen-bond acceptors (Lipinski definition) is 6. The molecule has 0 bridgehead atoms. The molecule has 0 saturated heterocycles. The zero-order chi connectivity index (χ0) is 16.7. The topological polar surface area (TPSA) is 80.0 Å². The summed E-state index contributed by atoms with van der Waals surface area (Å²) in [5, 5.41) is 11.0. The zero-order valence-corrected chi connectivity index (χ0v) is 14.4. The largest absolute Gasteiger partial charge is 0.445 e. The summed E-state index contributed by atoms with van der Waals surface area (Å²) in [4.78, 5) is 21.4. The standard InChI is InChI=1S/C17H18N4O2S/c1-10-19-14(21-17(2)4-5-17)13-12(8-23-16(13)20-10)15(22)18-7-11-3-6-24-9-11/h3,6,8-9H,4-5,7H2,1-2H3,(H,18,22)(H,19,20,21). The van der Waals surface area contributed by atoms with Gasteiger partial charge >= 0.3 is 0 Å². The fraction of sp³-hybridized carbons (Fsp3) is 0.353. The van der Waals surface area contributed by atoms with Gasteiger partial charge in [0.2, 0.25) is 5.71 Å². The molecule has 3 aromatic heterocycles. The van der Waals surface area contributed by atoms with Gasteiger partial charge in [-0.25, -0.2) is 4.98 Å². The van der Waals surface area contributed by atoms with Crippen LogP contribution in [0.5, 0.6) is 0 Å². The summed E-state index contributed by atoms with van der Waals surface area (Å²) in [6.07, 6.45) is 3.65. The van der Waals surface area contributed by atoms with Crippen molar-refractivity contribution in [2.24, 2.45) is 0 Å². The minimum absolute atomic E-state index is 0.0510. The highest BCUT2D eigenvalue weighted by atomic mass is 32.1. The van der Waals surface area contributed by atoms with Crippen LogP contribution in [0.4, 0.5) is 5.82 Å². The SMILES string of the molecule is Cc1nc(NC2(C)CC2)c2c(C(=O)NCc3ccsc3)coc2n1. The van der Waals surface area contributed by atoms with Crippen LogP contribution in [0.1, 0.15) is 41.5 Å². The number of carbonyl (C=O) groups is 1. The molecule has 4 rings (SSSR count). The first-order valence-electron chi connectivity index (χ1n) is 7.87. The number of nitrogens with zero attached hydrogens (tertiary/aromatic N) is 2. The molecule has 3 heterocycles. The van der Waals surface area contributed by atoms with E-state index in [0.29, 0.717) is 34.9 Å². The van der Waals surface area contributed by atoms with Gasteiger partial charge in [-0.1, -0.05) is 0 Å². The third-order valence-electron chi connectivity index (χ3n) is 4.24. The van der Waals surface area contributed by atoms with Crippen LogP contribution in [-0.4, -0.2) is 21.4 Å². The predicted molar refractivity (Wildman–Crippen MR) is 93.3 cm³/mol. The van der Waals surface area contributed by atoms with E-state index in [2.05, 4.69) is 27.5 Å².